The third-order valence-corrected chi connectivity index (χ3v) is 3.70. The fourth-order valence-corrected chi connectivity index (χ4v) is 2.50. The maximum Gasteiger partial charge on any atom is 0.140 e. The third kappa shape index (κ3) is 2.74. The summed E-state index contributed by atoms with van der Waals surface area (Å²) in [6.45, 7) is 10.3. The van der Waals surface area contributed by atoms with Crippen molar-refractivity contribution in [1.82, 2.24) is 0 Å². The lowest BCUT2D eigenvalue weighted by atomic mass is 9.81. The molecule has 0 aliphatic heterocycles. The van der Waals surface area contributed by atoms with Crippen molar-refractivity contribution in [3.8, 4) is 5.75 Å². The zero-order chi connectivity index (χ0) is 13.9. The van der Waals surface area contributed by atoms with Crippen LogP contribution in [-0.4, -0.2) is 12.9 Å². The van der Waals surface area contributed by atoms with Crippen LogP contribution in [0.25, 0.3) is 0 Å². The Morgan fingerprint density at radius 1 is 1.22 bits per heavy atom. The number of hydrogen-bond donors (Lipinski definition) is 0. The Morgan fingerprint density at radius 2 is 1.83 bits per heavy atom. The Balaban J connectivity index is 3.30. The highest BCUT2D eigenvalue weighted by Gasteiger charge is 2.25. The van der Waals surface area contributed by atoms with Crippen LogP contribution in [0.5, 0.6) is 5.75 Å². The maximum absolute atomic E-state index is 12.1. The van der Waals surface area contributed by atoms with Crippen LogP contribution in [-0.2, 0) is 4.79 Å². The molecule has 0 aliphatic carbocycles. The molecule has 0 spiro atoms. The number of benzene rings is 1. The van der Waals surface area contributed by atoms with Gasteiger partial charge in [-0.2, -0.15) is 0 Å². The number of methoxy groups -OCH3 is 1. The van der Waals surface area contributed by atoms with Gasteiger partial charge in [0, 0.05) is 12.3 Å². The van der Waals surface area contributed by atoms with Crippen molar-refractivity contribution in [3.05, 3.63) is 28.8 Å². The molecule has 0 fully saturated rings. The summed E-state index contributed by atoms with van der Waals surface area (Å²) in [5.41, 5.74) is 3.45. The lowest BCUT2D eigenvalue weighted by molar-refractivity contribution is -0.121. The number of hydrogen-bond acceptors (Lipinski definition) is 2. The number of rotatable bonds is 5. The van der Waals surface area contributed by atoms with Gasteiger partial charge in [-0.25, -0.2) is 0 Å². The molecule has 100 valence electrons. The summed E-state index contributed by atoms with van der Waals surface area (Å²) in [6.07, 6.45) is 0.591. The van der Waals surface area contributed by atoms with E-state index in [9.17, 15) is 4.79 Å². The van der Waals surface area contributed by atoms with Crippen LogP contribution in [0.4, 0.5) is 0 Å². The smallest absolute Gasteiger partial charge is 0.140 e. The van der Waals surface area contributed by atoms with Gasteiger partial charge in [-0.05, 0) is 42.5 Å². The molecule has 0 radical (unpaired) electrons. The van der Waals surface area contributed by atoms with Crippen LogP contribution in [0.2, 0.25) is 0 Å². The number of Topliss-reactive ketones (excluding diaryl/α,β-unsaturated/α-hetero) is 1. The first-order chi connectivity index (χ1) is 8.43. The minimum atomic E-state index is -0.000365. The van der Waals surface area contributed by atoms with Crippen LogP contribution < -0.4 is 4.74 Å². The van der Waals surface area contributed by atoms with Crippen molar-refractivity contribution in [2.45, 2.75) is 47.0 Å². The molecule has 0 amide bonds. The van der Waals surface area contributed by atoms with Crippen LogP contribution >= 0.6 is 0 Å². The van der Waals surface area contributed by atoms with E-state index in [0.717, 1.165) is 16.9 Å². The van der Waals surface area contributed by atoms with E-state index in [4.69, 9.17) is 4.74 Å². The van der Waals surface area contributed by atoms with E-state index in [1.165, 1.54) is 5.56 Å². The Bertz CT molecular complexity index is 433. The van der Waals surface area contributed by atoms with Gasteiger partial charge in [-0.1, -0.05) is 26.8 Å². The maximum atomic E-state index is 12.1. The Labute approximate surface area is 110 Å². The lowest BCUT2D eigenvalue weighted by Gasteiger charge is -2.23. The van der Waals surface area contributed by atoms with Crippen molar-refractivity contribution in [1.29, 1.82) is 0 Å². The predicted molar refractivity (Wildman–Crippen MR) is 75.3 cm³/mol. The molecule has 2 heteroatoms. The van der Waals surface area contributed by atoms with Crippen LogP contribution in [0.1, 0.15) is 49.8 Å². The van der Waals surface area contributed by atoms with Gasteiger partial charge in [0.1, 0.15) is 11.5 Å². The highest BCUT2D eigenvalue weighted by molar-refractivity contribution is 5.86. The zero-order valence-electron chi connectivity index (χ0n) is 12.3. The summed E-state index contributed by atoms with van der Waals surface area (Å²) in [6, 6.07) is 4.01. The summed E-state index contributed by atoms with van der Waals surface area (Å²) in [7, 11) is 1.68. The van der Waals surface area contributed by atoms with Crippen LogP contribution in [0.15, 0.2) is 12.1 Å². The van der Waals surface area contributed by atoms with Gasteiger partial charge in [0.05, 0.1) is 7.11 Å². The monoisotopic (exact) mass is 248 g/mol. The van der Waals surface area contributed by atoms with E-state index in [0.29, 0.717) is 18.1 Å². The minimum absolute atomic E-state index is 0.000365. The summed E-state index contributed by atoms with van der Waals surface area (Å²) >= 11 is 0. The molecule has 1 aromatic carbocycles. The molecule has 0 saturated heterocycles. The molecular weight excluding hydrogens is 224 g/mol. The summed E-state index contributed by atoms with van der Waals surface area (Å²) in [5.74, 6) is 1.53. The van der Waals surface area contributed by atoms with Gasteiger partial charge in [0.2, 0.25) is 0 Å². The summed E-state index contributed by atoms with van der Waals surface area (Å²) < 4.78 is 5.32. The van der Waals surface area contributed by atoms with Gasteiger partial charge in [-0.15, -0.1) is 0 Å². The highest BCUT2D eigenvalue weighted by atomic mass is 16.5. The molecule has 0 aromatic heterocycles. The number of ether oxygens (including phenoxy) is 1. The molecule has 1 aromatic rings. The summed E-state index contributed by atoms with van der Waals surface area (Å²) in [5, 5.41) is 0. The fraction of sp³-hybridized carbons (Fsp3) is 0.562. The van der Waals surface area contributed by atoms with Gasteiger partial charge in [0.15, 0.2) is 0 Å². The molecule has 18 heavy (non-hydrogen) atoms. The lowest BCUT2D eigenvalue weighted by Crippen LogP contribution is -2.19. The van der Waals surface area contributed by atoms with Crippen molar-refractivity contribution >= 4 is 5.78 Å². The van der Waals surface area contributed by atoms with E-state index in [2.05, 4.69) is 20.8 Å². The van der Waals surface area contributed by atoms with E-state index in [1.54, 1.807) is 7.11 Å². The Kier molecular flexibility index (Phi) is 4.94. The van der Waals surface area contributed by atoms with E-state index >= 15 is 0 Å². The van der Waals surface area contributed by atoms with Crippen LogP contribution in [0, 0.1) is 19.8 Å². The first kappa shape index (κ1) is 14.7. The summed E-state index contributed by atoms with van der Waals surface area (Å²) in [4.78, 5) is 12.1. The molecule has 0 saturated carbocycles. The number of carbonyl (C=O) groups excluding carboxylic acids is 1. The second-order valence-corrected chi connectivity index (χ2v) is 5.15. The van der Waals surface area contributed by atoms with Crippen molar-refractivity contribution in [2.75, 3.05) is 7.11 Å². The molecule has 1 rings (SSSR count). The quantitative estimate of drug-likeness (QED) is 0.786. The van der Waals surface area contributed by atoms with Gasteiger partial charge in [-0.3, -0.25) is 4.79 Å². The first-order valence-electron chi connectivity index (χ1n) is 6.60. The Morgan fingerprint density at radius 3 is 2.28 bits per heavy atom. The molecule has 1 unspecified atom stereocenters. The van der Waals surface area contributed by atoms with Gasteiger partial charge in [0.25, 0.3) is 0 Å². The molecule has 2 nitrogen and oxygen atoms in total. The van der Waals surface area contributed by atoms with E-state index < -0.39 is 0 Å². The Hall–Kier alpha value is -1.31. The number of ketones is 1. The predicted octanol–water partition coefficient (Wildman–Crippen LogP) is 4.03. The molecular formula is C16H24O2. The average molecular weight is 248 g/mol. The molecule has 0 aliphatic rings. The molecule has 1 atom stereocenters. The first-order valence-corrected chi connectivity index (χ1v) is 6.60. The van der Waals surface area contributed by atoms with Crippen LogP contribution in [0.3, 0.4) is 0 Å². The van der Waals surface area contributed by atoms with Crippen molar-refractivity contribution < 1.29 is 9.53 Å². The second kappa shape index (κ2) is 6.03. The van der Waals surface area contributed by atoms with Crippen molar-refractivity contribution in [3.63, 3.8) is 0 Å². The molecule has 0 heterocycles. The number of carbonyl (C=O) groups is 1. The van der Waals surface area contributed by atoms with Gasteiger partial charge < -0.3 is 4.74 Å². The third-order valence-electron chi connectivity index (χ3n) is 3.70. The van der Waals surface area contributed by atoms with Gasteiger partial charge >= 0.3 is 0 Å². The van der Waals surface area contributed by atoms with E-state index in [-0.39, 0.29) is 5.92 Å². The molecule has 0 N–H and O–H groups in total. The largest absolute Gasteiger partial charge is 0.496 e. The zero-order valence-corrected chi connectivity index (χ0v) is 12.3. The standard InChI is InChI=1S/C16H24O2/c1-7-14(17)16(10(2)3)13-8-9-15(18-6)12(5)11(13)4/h8-10,16H,7H2,1-6H3. The second-order valence-electron chi connectivity index (χ2n) is 5.15. The van der Waals surface area contributed by atoms with E-state index in [1.807, 2.05) is 26.0 Å². The highest BCUT2D eigenvalue weighted by Crippen LogP contribution is 2.33. The fourth-order valence-electron chi connectivity index (χ4n) is 2.50. The SMILES string of the molecule is CCC(=O)C(c1ccc(OC)c(C)c1C)C(C)C. The molecule has 0 bridgehead atoms. The minimum Gasteiger partial charge on any atom is -0.496 e. The van der Waals surface area contributed by atoms with Crippen molar-refractivity contribution in [2.24, 2.45) is 5.92 Å². The average Bonchev–Trinajstić information content (AvgIpc) is 2.34. The topological polar surface area (TPSA) is 26.3 Å². The normalized spacial score (nSPS) is 12.6.